The van der Waals surface area contributed by atoms with Crippen LogP contribution in [0, 0.1) is 16.7 Å². The van der Waals surface area contributed by atoms with E-state index in [9.17, 15) is 0 Å². The Morgan fingerprint density at radius 1 is 1.43 bits per heavy atom. The third kappa shape index (κ3) is 5.45. The molecule has 0 aliphatic rings. The van der Waals surface area contributed by atoms with Crippen LogP contribution in [0.5, 0.6) is 0 Å². The average Bonchev–Trinajstić information content (AvgIpc) is 2.44. The number of nitrogens with two attached hydrogens (primary N) is 1. The molecular weight excluding hydrogens is 260 g/mol. The molecule has 0 fully saturated rings. The first-order chi connectivity index (χ1) is 9.90. The zero-order valence-corrected chi connectivity index (χ0v) is 13.7. The first-order valence-corrected chi connectivity index (χ1v) is 7.65. The maximum Gasteiger partial charge on any atom is 0.0635 e. The number of hydrogen-bond donors (Lipinski definition) is 1. The lowest BCUT2D eigenvalue weighted by Crippen LogP contribution is -2.54. The number of nitriles is 1. The fourth-order valence-corrected chi connectivity index (χ4v) is 2.92. The Labute approximate surface area is 129 Å². The Bertz CT molecular complexity index is 444. The number of hydrogen-bond acceptors (Lipinski definition) is 4. The Morgan fingerprint density at radius 2 is 2.14 bits per heavy atom. The summed E-state index contributed by atoms with van der Waals surface area (Å²) in [5.41, 5.74) is 7.61. The van der Waals surface area contributed by atoms with Gasteiger partial charge in [-0.1, -0.05) is 33.8 Å². The summed E-state index contributed by atoms with van der Waals surface area (Å²) < 4.78 is 0. The van der Waals surface area contributed by atoms with Crippen molar-refractivity contribution in [3.05, 3.63) is 30.1 Å². The van der Waals surface area contributed by atoms with Crippen LogP contribution in [-0.2, 0) is 6.54 Å². The van der Waals surface area contributed by atoms with Gasteiger partial charge in [-0.05, 0) is 23.5 Å². The average molecular weight is 288 g/mol. The van der Waals surface area contributed by atoms with Crippen LogP contribution < -0.4 is 5.73 Å². The monoisotopic (exact) mass is 288 g/mol. The molecule has 2 unspecified atom stereocenters. The molecule has 2 atom stereocenters. The summed E-state index contributed by atoms with van der Waals surface area (Å²) in [5.74, 6) is 0. The van der Waals surface area contributed by atoms with Gasteiger partial charge in [0.15, 0.2) is 0 Å². The van der Waals surface area contributed by atoms with Crippen LogP contribution in [0.3, 0.4) is 0 Å². The van der Waals surface area contributed by atoms with Gasteiger partial charge in [-0.3, -0.25) is 9.88 Å². The van der Waals surface area contributed by atoms with Gasteiger partial charge in [0.2, 0.25) is 0 Å². The first-order valence-electron chi connectivity index (χ1n) is 7.65. The van der Waals surface area contributed by atoms with Crippen molar-refractivity contribution in [3.8, 4) is 6.07 Å². The quantitative estimate of drug-likeness (QED) is 0.837. The molecular formula is C17H28N4. The van der Waals surface area contributed by atoms with Crippen LogP contribution >= 0.6 is 0 Å². The Kier molecular flexibility index (Phi) is 6.80. The van der Waals surface area contributed by atoms with Gasteiger partial charge in [0.1, 0.15) is 0 Å². The van der Waals surface area contributed by atoms with Gasteiger partial charge >= 0.3 is 0 Å². The van der Waals surface area contributed by atoms with Gasteiger partial charge < -0.3 is 5.73 Å². The number of nitrogens with zero attached hydrogens (tertiary/aromatic N) is 3. The lowest BCUT2D eigenvalue weighted by atomic mass is 9.80. The molecule has 4 nitrogen and oxygen atoms in total. The maximum absolute atomic E-state index is 8.94. The largest absolute Gasteiger partial charge is 0.326 e. The summed E-state index contributed by atoms with van der Waals surface area (Å²) >= 11 is 0. The van der Waals surface area contributed by atoms with E-state index in [0.29, 0.717) is 6.42 Å². The molecule has 0 radical (unpaired) electrons. The van der Waals surface area contributed by atoms with Gasteiger partial charge in [0, 0.05) is 44.0 Å². The molecule has 0 aliphatic carbocycles. The van der Waals surface area contributed by atoms with Crippen LogP contribution in [0.15, 0.2) is 24.5 Å². The summed E-state index contributed by atoms with van der Waals surface area (Å²) in [6, 6.07) is 6.60. The predicted molar refractivity (Wildman–Crippen MR) is 86.4 cm³/mol. The van der Waals surface area contributed by atoms with Crippen molar-refractivity contribution in [2.24, 2.45) is 11.1 Å². The minimum Gasteiger partial charge on any atom is -0.326 e. The molecule has 0 aromatic carbocycles. The van der Waals surface area contributed by atoms with Crippen LogP contribution in [0.1, 0.15) is 46.1 Å². The maximum atomic E-state index is 8.94. The minimum absolute atomic E-state index is 0.0626. The van der Waals surface area contributed by atoms with Crippen molar-refractivity contribution in [2.45, 2.75) is 59.2 Å². The van der Waals surface area contributed by atoms with E-state index >= 15 is 0 Å². The number of rotatable bonds is 7. The molecule has 1 aromatic heterocycles. The highest BCUT2D eigenvalue weighted by Crippen LogP contribution is 2.29. The molecule has 1 heterocycles. The highest BCUT2D eigenvalue weighted by atomic mass is 15.2. The van der Waals surface area contributed by atoms with E-state index in [0.717, 1.165) is 25.1 Å². The van der Waals surface area contributed by atoms with Crippen molar-refractivity contribution < 1.29 is 0 Å². The zero-order chi connectivity index (χ0) is 15.9. The molecule has 0 spiro atoms. The summed E-state index contributed by atoms with van der Waals surface area (Å²) in [4.78, 5) is 6.52. The fourth-order valence-electron chi connectivity index (χ4n) is 2.92. The second-order valence-corrected chi connectivity index (χ2v) is 6.62. The molecule has 21 heavy (non-hydrogen) atoms. The second-order valence-electron chi connectivity index (χ2n) is 6.62. The van der Waals surface area contributed by atoms with E-state index in [1.807, 2.05) is 12.3 Å². The van der Waals surface area contributed by atoms with E-state index in [2.05, 4.69) is 49.7 Å². The lowest BCUT2D eigenvalue weighted by Gasteiger charge is -2.43. The van der Waals surface area contributed by atoms with Gasteiger partial charge in [-0.2, -0.15) is 5.26 Å². The highest BCUT2D eigenvalue weighted by molar-refractivity contribution is 5.09. The van der Waals surface area contributed by atoms with Crippen molar-refractivity contribution in [1.82, 2.24) is 9.88 Å². The molecule has 0 bridgehead atoms. The molecule has 1 aromatic rings. The van der Waals surface area contributed by atoms with Crippen LogP contribution in [-0.4, -0.2) is 28.5 Å². The molecule has 0 aliphatic heterocycles. The summed E-state index contributed by atoms with van der Waals surface area (Å²) in [5, 5.41) is 8.94. The topological polar surface area (TPSA) is 65.9 Å². The van der Waals surface area contributed by atoms with Gasteiger partial charge in [0.05, 0.1) is 6.07 Å². The van der Waals surface area contributed by atoms with E-state index < -0.39 is 0 Å². The predicted octanol–water partition coefficient (Wildman–Crippen LogP) is 2.95. The van der Waals surface area contributed by atoms with Crippen molar-refractivity contribution in [1.29, 1.82) is 5.26 Å². The molecule has 0 amide bonds. The zero-order valence-electron chi connectivity index (χ0n) is 13.7. The molecule has 0 saturated carbocycles. The summed E-state index contributed by atoms with van der Waals surface area (Å²) in [6.07, 6.45) is 5.11. The standard InChI is InChI=1S/C17H28N4/c1-5-15(19)16(17(2,3)4)21(11-7-9-18)13-14-8-6-10-20-12-14/h6,8,10,12,15-16H,5,7,11,13,19H2,1-4H3. The van der Waals surface area contributed by atoms with Gasteiger partial charge in [-0.25, -0.2) is 0 Å². The van der Waals surface area contributed by atoms with Crippen molar-refractivity contribution >= 4 is 0 Å². The van der Waals surface area contributed by atoms with E-state index in [-0.39, 0.29) is 17.5 Å². The Morgan fingerprint density at radius 3 is 2.62 bits per heavy atom. The third-order valence-corrected chi connectivity index (χ3v) is 3.78. The van der Waals surface area contributed by atoms with E-state index in [1.165, 1.54) is 0 Å². The Hall–Kier alpha value is -1.44. The molecule has 0 saturated heterocycles. The number of aromatic nitrogens is 1. The van der Waals surface area contributed by atoms with Crippen LogP contribution in [0.25, 0.3) is 0 Å². The smallest absolute Gasteiger partial charge is 0.0635 e. The fraction of sp³-hybridized carbons (Fsp3) is 0.647. The van der Waals surface area contributed by atoms with Crippen molar-refractivity contribution in [3.63, 3.8) is 0 Å². The molecule has 116 valence electrons. The molecule has 4 heteroatoms. The summed E-state index contributed by atoms with van der Waals surface area (Å²) in [6.45, 7) is 10.3. The van der Waals surface area contributed by atoms with Crippen LogP contribution in [0.2, 0.25) is 0 Å². The van der Waals surface area contributed by atoms with Gasteiger partial charge in [0.25, 0.3) is 0 Å². The SMILES string of the molecule is CCC(N)C(N(CCC#N)Cc1cccnc1)C(C)(C)C. The van der Waals surface area contributed by atoms with E-state index in [4.69, 9.17) is 11.0 Å². The summed E-state index contributed by atoms with van der Waals surface area (Å²) in [7, 11) is 0. The van der Waals surface area contributed by atoms with Crippen molar-refractivity contribution in [2.75, 3.05) is 6.54 Å². The first kappa shape index (κ1) is 17.6. The molecule has 1 rings (SSSR count). The second kappa shape index (κ2) is 8.11. The normalized spacial score (nSPS) is 14.7. The highest BCUT2D eigenvalue weighted by Gasteiger charge is 2.34. The van der Waals surface area contributed by atoms with E-state index in [1.54, 1.807) is 6.20 Å². The molecule has 2 N–H and O–H groups in total. The van der Waals surface area contributed by atoms with Crippen LogP contribution in [0.4, 0.5) is 0 Å². The minimum atomic E-state index is 0.0626. The third-order valence-electron chi connectivity index (χ3n) is 3.78. The Balaban J connectivity index is 3.00. The number of pyridine rings is 1. The lowest BCUT2D eigenvalue weighted by molar-refractivity contribution is 0.0711. The van der Waals surface area contributed by atoms with Gasteiger partial charge in [-0.15, -0.1) is 0 Å².